The molecule has 1 unspecified atom stereocenters. The average Bonchev–Trinajstić information content (AvgIpc) is 3.03. The van der Waals surface area contributed by atoms with Gasteiger partial charge in [0.2, 0.25) is 5.91 Å². The molecule has 0 radical (unpaired) electrons. The summed E-state index contributed by atoms with van der Waals surface area (Å²) >= 11 is 6.64. The van der Waals surface area contributed by atoms with Crippen molar-refractivity contribution in [1.82, 2.24) is 10.2 Å². The summed E-state index contributed by atoms with van der Waals surface area (Å²) < 4.78 is 0. The van der Waals surface area contributed by atoms with Crippen molar-refractivity contribution in [3.63, 3.8) is 0 Å². The molecule has 0 bridgehead atoms. The van der Waals surface area contributed by atoms with Gasteiger partial charge in [-0.25, -0.2) is 9.69 Å². The molecule has 4 rings (SSSR count). The fourth-order valence-corrected chi connectivity index (χ4v) is 5.29. The lowest BCUT2D eigenvalue weighted by molar-refractivity contribution is -0.127. The zero-order valence-corrected chi connectivity index (χ0v) is 21.5. The zero-order chi connectivity index (χ0) is 25.5. The van der Waals surface area contributed by atoms with Gasteiger partial charge < -0.3 is 15.5 Å². The number of halogens is 1. The number of nitrogens with zero attached hydrogens (tertiary/aromatic N) is 2. The molecule has 8 heteroatoms. The van der Waals surface area contributed by atoms with Crippen LogP contribution in [0.4, 0.5) is 16.2 Å². The Morgan fingerprint density at radius 2 is 1.91 bits per heavy atom. The highest BCUT2D eigenvalue weighted by molar-refractivity contribution is 6.32. The van der Waals surface area contributed by atoms with E-state index in [2.05, 4.69) is 43.2 Å². The van der Waals surface area contributed by atoms with Crippen molar-refractivity contribution in [2.75, 3.05) is 23.3 Å². The molecule has 2 aromatic carbocycles. The molecule has 1 saturated heterocycles. The number of carbonyl (C=O) groups is 3. The number of hydrogen-bond donors (Lipinski definition) is 2. The average molecular weight is 495 g/mol. The second kappa shape index (κ2) is 9.38. The number of anilines is 2. The van der Waals surface area contributed by atoms with Crippen LogP contribution in [0.3, 0.4) is 0 Å². The molecule has 0 spiro atoms. The molecule has 1 atom stereocenters. The van der Waals surface area contributed by atoms with Crippen molar-refractivity contribution >= 4 is 46.9 Å². The summed E-state index contributed by atoms with van der Waals surface area (Å²) in [7, 11) is 0. The molecule has 4 amide bonds. The van der Waals surface area contributed by atoms with Gasteiger partial charge in [0.1, 0.15) is 12.2 Å². The van der Waals surface area contributed by atoms with Crippen LogP contribution in [0.2, 0.25) is 5.02 Å². The summed E-state index contributed by atoms with van der Waals surface area (Å²) in [5.41, 5.74) is 4.68. The van der Waals surface area contributed by atoms with Crippen LogP contribution in [-0.2, 0) is 9.59 Å². The summed E-state index contributed by atoms with van der Waals surface area (Å²) in [5, 5.41) is 5.79. The van der Waals surface area contributed by atoms with Gasteiger partial charge in [0.15, 0.2) is 0 Å². The molecule has 0 saturated carbocycles. The van der Waals surface area contributed by atoms with Gasteiger partial charge in [0, 0.05) is 28.5 Å². The largest absolute Gasteiger partial charge is 0.366 e. The first-order chi connectivity index (χ1) is 16.5. The normalized spacial score (nSPS) is 20.2. The Hall–Kier alpha value is -3.32. The summed E-state index contributed by atoms with van der Waals surface area (Å²) in [6.45, 7) is 11.2. The van der Waals surface area contributed by atoms with Crippen LogP contribution in [-0.4, -0.2) is 41.4 Å². The highest BCUT2D eigenvalue weighted by Gasteiger charge is 2.37. The number of urea groups is 1. The SMILES string of the molecule is CCN1c2cc(Cl)c(/C=C3/NC(=O)N(CC(=O)Nc4ccc(C)cc4)C3=O)cc2C(C)CC1(C)C. The van der Waals surface area contributed by atoms with Crippen molar-refractivity contribution < 1.29 is 14.4 Å². The Labute approximate surface area is 211 Å². The monoisotopic (exact) mass is 494 g/mol. The van der Waals surface area contributed by atoms with E-state index in [1.165, 1.54) is 0 Å². The molecular formula is C27H31ClN4O3. The third-order valence-corrected chi connectivity index (χ3v) is 7.05. The third kappa shape index (κ3) is 4.91. The van der Waals surface area contributed by atoms with Crippen molar-refractivity contribution in [2.45, 2.75) is 52.5 Å². The van der Waals surface area contributed by atoms with E-state index in [0.29, 0.717) is 22.2 Å². The standard InChI is InChI=1S/C27H31ClN4O3/c1-6-32-23-13-21(28)18(11-20(23)17(3)14-27(32,4)5)12-22-25(34)31(26(35)30-22)15-24(33)29-19-9-7-16(2)8-10-19/h7-13,17H,6,14-15H2,1-5H3,(H,29,33)(H,30,35)/b22-12+. The van der Waals surface area contributed by atoms with E-state index in [1.54, 1.807) is 18.2 Å². The maximum absolute atomic E-state index is 12.9. The van der Waals surface area contributed by atoms with Gasteiger partial charge in [0.05, 0.1) is 0 Å². The second-order valence-electron chi connectivity index (χ2n) is 9.89. The predicted octanol–water partition coefficient (Wildman–Crippen LogP) is 5.29. The molecule has 0 aromatic heterocycles. The molecule has 2 N–H and O–H groups in total. The number of carbonyl (C=O) groups excluding carboxylic acids is 3. The first-order valence-corrected chi connectivity index (χ1v) is 12.2. The lowest BCUT2D eigenvalue weighted by Gasteiger charge is -2.47. The smallest absolute Gasteiger partial charge is 0.329 e. The zero-order valence-electron chi connectivity index (χ0n) is 20.7. The Morgan fingerprint density at radius 1 is 1.23 bits per heavy atom. The van der Waals surface area contributed by atoms with Crippen molar-refractivity contribution in [3.05, 3.63) is 63.8 Å². The predicted molar refractivity (Wildman–Crippen MR) is 140 cm³/mol. The van der Waals surface area contributed by atoms with Gasteiger partial charge in [-0.05, 0) is 81.5 Å². The van der Waals surface area contributed by atoms with Gasteiger partial charge in [-0.3, -0.25) is 9.59 Å². The molecule has 2 aromatic rings. The fraction of sp³-hybridized carbons (Fsp3) is 0.370. The topological polar surface area (TPSA) is 81.8 Å². The first kappa shape index (κ1) is 24.8. The molecule has 2 heterocycles. The van der Waals surface area contributed by atoms with E-state index in [1.807, 2.05) is 31.2 Å². The minimum Gasteiger partial charge on any atom is -0.366 e. The second-order valence-corrected chi connectivity index (χ2v) is 10.3. The first-order valence-electron chi connectivity index (χ1n) is 11.8. The van der Waals surface area contributed by atoms with E-state index >= 15 is 0 Å². The Bertz CT molecular complexity index is 1220. The number of rotatable bonds is 5. The van der Waals surface area contributed by atoms with Crippen molar-refractivity contribution in [2.24, 2.45) is 0 Å². The van der Waals surface area contributed by atoms with Gasteiger partial charge in [-0.15, -0.1) is 0 Å². The van der Waals surface area contributed by atoms with Crippen molar-refractivity contribution in [1.29, 1.82) is 0 Å². The van der Waals surface area contributed by atoms with Crippen molar-refractivity contribution in [3.8, 4) is 0 Å². The lowest BCUT2D eigenvalue weighted by atomic mass is 9.79. The van der Waals surface area contributed by atoms with E-state index in [9.17, 15) is 14.4 Å². The number of benzene rings is 2. The van der Waals surface area contributed by atoms with Crippen LogP contribution < -0.4 is 15.5 Å². The maximum atomic E-state index is 12.9. The Kier molecular flexibility index (Phi) is 6.64. The molecule has 2 aliphatic rings. The van der Waals surface area contributed by atoms with Crippen LogP contribution in [0.1, 0.15) is 56.7 Å². The minimum absolute atomic E-state index is 0.0134. The van der Waals surface area contributed by atoms with Gasteiger partial charge in [-0.2, -0.15) is 0 Å². The summed E-state index contributed by atoms with van der Waals surface area (Å²) in [6.07, 6.45) is 2.58. The lowest BCUT2D eigenvalue weighted by Crippen LogP contribution is -2.48. The number of aryl methyl sites for hydroxylation is 1. The molecule has 0 aliphatic carbocycles. The van der Waals surface area contributed by atoms with Gasteiger partial charge in [-0.1, -0.05) is 36.2 Å². The molecule has 1 fully saturated rings. The summed E-state index contributed by atoms with van der Waals surface area (Å²) in [6, 6.07) is 10.6. The fourth-order valence-electron chi connectivity index (χ4n) is 5.08. The van der Waals surface area contributed by atoms with E-state index < -0.39 is 17.8 Å². The number of fused-ring (bicyclic) bond motifs is 1. The molecule has 7 nitrogen and oxygen atoms in total. The molecule has 184 valence electrons. The highest BCUT2D eigenvalue weighted by Crippen LogP contribution is 2.45. The van der Waals surface area contributed by atoms with E-state index in [0.717, 1.165) is 34.7 Å². The Balaban J connectivity index is 1.55. The number of nitrogens with one attached hydrogen (secondary N) is 2. The van der Waals surface area contributed by atoms with Crippen LogP contribution in [0, 0.1) is 6.92 Å². The molecule has 35 heavy (non-hydrogen) atoms. The molecular weight excluding hydrogens is 464 g/mol. The highest BCUT2D eigenvalue weighted by atomic mass is 35.5. The minimum atomic E-state index is -0.637. The third-order valence-electron chi connectivity index (χ3n) is 6.72. The summed E-state index contributed by atoms with van der Waals surface area (Å²) in [5.74, 6) is -0.707. The number of imide groups is 1. The summed E-state index contributed by atoms with van der Waals surface area (Å²) in [4.78, 5) is 41.1. The van der Waals surface area contributed by atoms with Crippen LogP contribution in [0.15, 0.2) is 42.1 Å². The van der Waals surface area contributed by atoms with E-state index in [4.69, 9.17) is 11.6 Å². The Morgan fingerprint density at radius 3 is 2.57 bits per heavy atom. The maximum Gasteiger partial charge on any atom is 0.329 e. The van der Waals surface area contributed by atoms with E-state index in [-0.39, 0.29) is 17.8 Å². The van der Waals surface area contributed by atoms with Gasteiger partial charge in [0.25, 0.3) is 5.91 Å². The molecule has 2 aliphatic heterocycles. The van der Waals surface area contributed by atoms with Crippen LogP contribution in [0.25, 0.3) is 6.08 Å². The van der Waals surface area contributed by atoms with Gasteiger partial charge >= 0.3 is 6.03 Å². The van der Waals surface area contributed by atoms with Crippen LogP contribution >= 0.6 is 11.6 Å². The number of hydrogen-bond acceptors (Lipinski definition) is 4. The number of amides is 4. The quantitative estimate of drug-likeness (QED) is 0.437. The van der Waals surface area contributed by atoms with Crippen LogP contribution in [0.5, 0.6) is 0 Å².